The fourth-order valence-corrected chi connectivity index (χ4v) is 2.24. The van der Waals surface area contributed by atoms with Crippen LogP contribution in [0.5, 0.6) is 0 Å². The van der Waals surface area contributed by atoms with Gasteiger partial charge in [0.05, 0.1) is 50.7 Å². The highest BCUT2D eigenvalue weighted by Gasteiger charge is 2.33. The molecule has 0 spiro atoms. The molecule has 0 aliphatic carbocycles. The number of carbonyl (C=O) groups is 4. The third-order valence-electron chi connectivity index (χ3n) is 3.36. The van der Waals surface area contributed by atoms with Crippen molar-refractivity contribution in [3.8, 4) is 0 Å². The van der Waals surface area contributed by atoms with Gasteiger partial charge in [-0.25, -0.2) is 19.2 Å². The second-order valence-corrected chi connectivity index (χ2v) is 4.53. The maximum absolute atomic E-state index is 12.2. The third-order valence-corrected chi connectivity index (χ3v) is 3.36. The molecule has 0 aromatic heterocycles. The summed E-state index contributed by atoms with van der Waals surface area (Å²) in [6.07, 6.45) is 0.292. The Morgan fingerprint density at radius 2 is 1.12 bits per heavy atom. The predicted octanol–water partition coefficient (Wildman–Crippen LogP) is 1.40. The van der Waals surface area contributed by atoms with Gasteiger partial charge in [0.1, 0.15) is 0 Å². The zero-order chi connectivity index (χ0) is 18.4. The first kappa shape index (κ1) is 19.1. The smallest absolute Gasteiger partial charge is 0.339 e. The second-order valence-electron chi connectivity index (χ2n) is 4.53. The molecule has 0 amide bonds. The maximum atomic E-state index is 12.2. The topological polar surface area (TPSA) is 105 Å². The molecule has 0 radical (unpaired) electrons. The normalized spacial score (nSPS) is 9.88. The zero-order valence-corrected chi connectivity index (χ0v) is 14.1. The summed E-state index contributed by atoms with van der Waals surface area (Å²) in [4.78, 5) is 48.6. The van der Waals surface area contributed by atoms with Crippen molar-refractivity contribution < 1.29 is 38.1 Å². The van der Waals surface area contributed by atoms with Crippen LogP contribution < -0.4 is 0 Å². The third kappa shape index (κ3) is 3.37. The van der Waals surface area contributed by atoms with Crippen LogP contribution in [0.25, 0.3) is 0 Å². The summed E-state index contributed by atoms with van der Waals surface area (Å²) in [6.45, 7) is 1.71. The fraction of sp³-hybridized carbons (Fsp3) is 0.375. The van der Waals surface area contributed by atoms with E-state index in [9.17, 15) is 19.2 Å². The highest BCUT2D eigenvalue weighted by Crippen LogP contribution is 2.27. The van der Waals surface area contributed by atoms with Gasteiger partial charge < -0.3 is 18.9 Å². The van der Waals surface area contributed by atoms with Gasteiger partial charge in [-0.1, -0.05) is 6.92 Å². The van der Waals surface area contributed by atoms with Crippen LogP contribution in [0.15, 0.2) is 6.07 Å². The van der Waals surface area contributed by atoms with Gasteiger partial charge >= 0.3 is 23.9 Å². The average Bonchev–Trinajstić information content (AvgIpc) is 2.63. The monoisotopic (exact) mass is 338 g/mol. The molecule has 1 rings (SSSR count). The Kier molecular flexibility index (Phi) is 6.46. The van der Waals surface area contributed by atoms with Crippen LogP contribution in [0.2, 0.25) is 0 Å². The molecule has 1 aromatic carbocycles. The van der Waals surface area contributed by atoms with Crippen molar-refractivity contribution in [1.82, 2.24) is 0 Å². The van der Waals surface area contributed by atoms with E-state index >= 15 is 0 Å². The number of benzene rings is 1. The molecule has 0 saturated carbocycles. The highest BCUT2D eigenvalue weighted by molar-refractivity contribution is 6.15. The van der Waals surface area contributed by atoms with Gasteiger partial charge in [-0.3, -0.25) is 0 Å². The summed E-state index contributed by atoms with van der Waals surface area (Å²) in [5.41, 5.74) is -0.825. The molecular formula is C16H18O8. The molecule has 0 aliphatic heterocycles. The van der Waals surface area contributed by atoms with E-state index in [1.807, 2.05) is 0 Å². The van der Waals surface area contributed by atoms with Crippen LogP contribution in [0.1, 0.15) is 53.9 Å². The van der Waals surface area contributed by atoms with E-state index in [1.54, 1.807) is 6.92 Å². The molecule has 0 unspecified atom stereocenters. The molecular weight excluding hydrogens is 320 g/mol. The van der Waals surface area contributed by atoms with Gasteiger partial charge in [-0.15, -0.1) is 0 Å². The Bertz CT molecular complexity index is 690. The zero-order valence-electron chi connectivity index (χ0n) is 14.1. The number of ether oxygens (including phenoxy) is 4. The van der Waals surface area contributed by atoms with Crippen LogP contribution in [-0.2, 0) is 25.4 Å². The SMILES string of the molecule is CCc1cc(C(=O)OC)c(C(=O)OC)c(C(=O)OC)c1C(=O)OC. The second kappa shape index (κ2) is 8.09. The van der Waals surface area contributed by atoms with Crippen LogP contribution in [0, 0.1) is 0 Å². The van der Waals surface area contributed by atoms with Crippen LogP contribution in [0.4, 0.5) is 0 Å². The van der Waals surface area contributed by atoms with Crippen LogP contribution in [0.3, 0.4) is 0 Å². The number of carbonyl (C=O) groups excluding carboxylic acids is 4. The quantitative estimate of drug-likeness (QED) is 0.586. The first-order chi connectivity index (χ1) is 11.4. The number of hydrogen-bond acceptors (Lipinski definition) is 8. The van der Waals surface area contributed by atoms with Gasteiger partial charge in [0, 0.05) is 0 Å². The molecule has 130 valence electrons. The lowest BCUT2D eigenvalue weighted by Crippen LogP contribution is -2.24. The minimum Gasteiger partial charge on any atom is -0.465 e. The van der Waals surface area contributed by atoms with Crippen molar-refractivity contribution in [2.45, 2.75) is 13.3 Å². The standard InChI is InChI=1S/C16H18O8/c1-6-8-7-9(13(17)21-2)11(15(19)23-4)12(16(20)24-5)10(8)14(18)22-3/h7H,6H2,1-5H3. The van der Waals surface area contributed by atoms with Crippen molar-refractivity contribution in [2.24, 2.45) is 0 Å². The number of methoxy groups -OCH3 is 4. The van der Waals surface area contributed by atoms with Crippen molar-refractivity contribution in [3.05, 3.63) is 33.9 Å². The molecule has 0 atom stereocenters. The minimum absolute atomic E-state index is 0.153. The summed E-state index contributed by atoms with van der Waals surface area (Å²) in [6, 6.07) is 1.30. The van der Waals surface area contributed by atoms with Gasteiger partial charge in [-0.05, 0) is 18.1 Å². The molecule has 1 aromatic rings. The number of rotatable bonds is 5. The molecule has 0 bridgehead atoms. The van der Waals surface area contributed by atoms with Crippen molar-refractivity contribution >= 4 is 23.9 Å². The molecule has 8 heteroatoms. The van der Waals surface area contributed by atoms with E-state index < -0.39 is 35.0 Å². The lowest BCUT2D eigenvalue weighted by atomic mass is 9.90. The van der Waals surface area contributed by atoms with Crippen molar-refractivity contribution in [1.29, 1.82) is 0 Å². The lowest BCUT2D eigenvalue weighted by Gasteiger charge is -2.17. The molecule has 0 aliphatic rings. The summed E-state index contributed by atoms with van der Waals surface area (Å²) < 4.78 is 18.7. The van der Waals surface area contributed by atoms with Gasteiger partial charge in [0.15, 0.2) is 0 Å². The van der Waals surface area contributed by atoms with Crippen molar-refractivity contribution in [3.63, 3.8) is 0 Å². The number of hydrogen-bond donors (Lipinski definition) is 0. The Balaban J connectivity index is 4.04. The summed E-state index contributed by atoms with van der Waals surface area (Å²) in [5.74, 6) is -3.65. The largest absolute Gasteiger partial charge is 0.465 e. The predicted molar refractivity (Wildman–Crippen MR) is 81.2 cm³/mol. The number of esters is 4. The summed E-state index contributed by atoms with van der Waals surface area (Å²) >= 11 is 0. The highest BCUT2D eigenvalue weighted by atomic mass is 16.5. The molecule has 8 nitrogen and oxygen atoms in total. The Morgan fingerprint density at radius 1 is 0.708 bits per heavy atom. The molecule has 0 saturated heterocycles. The van der Waals surface area contributed by atoms with Crippen molar-refractivity contribution in [2.75, 3.05) is 28.4 Å². The first-order valence-electron chi connectivity index (χ1n) is 6.90. The van der Waals surface area contributed by atoms with Gasteiger partial charge in [-0.2, -0.15) is 0 Å². The van der Waals surface area contributed by atoms with Crippen LogP contribution >= 0.6 is 0 Å². The first-order valence-corrected chi connectivity index (χ1v) is 6.90. The Morgan fingerprint density at radius 3 is 1.54 bits per heavy atom. The molecule has 0 N–H and O–H groups in total. The van der Waals surface area contributed by atoms with Gasteiger partial charge in [0.25, 0.3) is 0 Å². The van der Waals surface area contributed by atoms with E-state index in [4.69, 9.17) is 4.74 Å². The minimum atomic E-state index is -0.983. The van der Waals surface area contributed by atoms with Crippen LogP contribution in [-0.4, -0.2) is 52.3 Å². The van der Waals surface area contributed by atoms with E-state index in [1.165, 1.54) is 6.07 Å². The molecule has 24 heavy (non-hydrogen) atoms. The number of aryl methyl sites for hydroxylation is 1. The fourth-order valence-electron chi connectivity index (χ4n) is 2.24. The maximum Gasteiger partial charge on any atom is 0.339 e. The van der Waals surface area contributed by atoms with E-state index in [2.05, 4.69) is 14.2 Å². The lowest BCUT2D eigenvalue weighted by molar-refractivity contribution is 0.0520. The molecule has 0 fully saturated rings. The summed E-state index contributed by atoms with van der Waals surface area (Å²) in [7, 11) is 4.42. The van der Waals surface area contributed by atoms with E-state index in [-0.39, 0.29) is 11.1 Å². The average molecular weight is 338 g/mol. The summed E-state index contributed by atoms with van der Waals surface area (Å²) in [5, 5.41) is 0. The van der Waals surface area contributed by atoms with Gasteiger partial charge in [0.2, 0.25) is 0 Å². The Hall–Kier alpha value is -2.90. The van der Waals surface area contributed by atoms with E-state index in [0.29, 0.717) is 12.0 Å². The van der Waals surface area contributed by atoms with E-state index in [0.717, 1.165) is 28.4 Å². The molecule has 0 heterocycles. The Labute approximate surface area is 138 Å².